The SMILES string of the molecule is CN(Cc1ccsc1)C(=O)C1(CN)CCC1. The van der Waals surface area contributed by atoms with Crippen LogP contribution in [0.2, 0.25) is 0 Å². The minimum atomic E-state index is -0.245. The zero-order valence-corrected chi connectivity index (χ0v) is 10.4. The highest BCUT2D eigenvalue weighted by atomic mass is 32.1. The molecule has 1 amide bonds. The van der Waals surface area contributed by atoms with E-state index < -0.39 is 0 Å². The molecule has 88 valence electrons. The minimum absolute atomic E-state index is 0.215. The van der Waals surface area contributed by atoms with E-state index in [2.05, 4.69) is 11.4 Å². The molecule has 0 bridgehead atoms. The molecule has 0 unspecified atom stereocenters. The fourth-order valence-electron chi connectivity index (χ4n) is 2.24. The first-order chi connectivity index (χ1) is 7.68. The average Bonchev–Trinajstić information content (AvgIpc) is 2.69. The second-order valence-corrected chi connectivity index (χ2v) is 5.41. The molecule has 16 heavy (non-hydrogen) atoms. The topological polar surface area (TPSA) is 46.3 Å². The number of nitrogens with zero attached hydrogens (tertiary/aromatic N) is 1. The van der Waals surface area contributed by atoms with E-state index in [-0.39, 0.29) is 11.3 Å². The third-order valence-electron chi connectivity index (χ3n) is 3.50. The number of carbonyl (C=O) groups excluding carboxylic acids is 1. The number of carbonyl (C=O) groups is 1. The largest absolute Gasteiger partial charge is 0.341 e. The standard InChI is InChI=1S/C12H18N2OS/c1-14(7-10-3-6-16-8-10)11(15)12(9-13)4-2-5-12/h3,6,8H,2,4-5,7,9,13H2,1H3. The second kappa shape index (κ2) is 4.55. The fourth-order valence-corrected chi connectivity index (χ4v) is 2.90. The van der Waals surface area contributed by atoms with Crippen molar-refractivity contribution in [2.24, 2.45) is 11.1 Å². The lowest BCUT2D eigenvalue weighted by molar-refractivity contribution is -0.145. The van der Waals surface area contributed by atoms with Gasteiger partial charge in [0.2, 0.25) is 5.91 Å². The molecular weight excluding hydrogens is 220 g/mol. The Kier molecular flexibility index (Phi) is 3.30. The van der Waals surface area contributed by atoms with Gasteiger partial charge in [0, 0.05) is 20.1 Å². The van der Waals surface area contributed by atoms with Gasteiger partial charge >= 0.3 is 0 Å². The fraction of sp³-hybridized carbons (Fsp3) is 0.583. The smallest absolute Gasteiger partial charge is 0.230 e. The predicted molar refractivity (Wildman–Crippen MR) is 66.1 cm³/mol. The van der Waals surface area contributed by atoms with E-state index in [1.54, 1.807) is 11.3 Å². The van der Waals surface area contributed by atoms with Crippen molar-refractivity contribution in [3.8, 4) is 0 Å². The highest BCUT2D eigenvalue weighted by Gasteiger charge is 2.44. The van der Waals surface area contributed by atoms with Gasteiger partial charge in [0.1, 0.15) is 0 Å². The van der Waals surface area contributed by atoms with Crippen molar-refractivity contribution < 1.29 is 4.79 Å². The summed E-state index contributed by atoms with van der Waals surface area (Å²) < 4.78 is 0. The van der Waals surface area contributed by atoms with E-state index in [0.29, 0.717) is 13.1 Å². The summed E-state index contributed by atoms with van der Waals surface area (Å²) in [6, 6.07) is 2.06. The van der Waals surface area contributed by atoms with Gasteiger partial charge in [-0.25, -0.2) is 0 Å². The van der Waals surface area contributed by atoms with E-state index in [0.717, 1.165) is 19.3 Å². The molecule has 2 N–H and O–H groups in total. The Bertz CT molecular complexity index is 352. The first-order valence-electron chi connectivity index (χ1n) is 5.65. The van der Waals surface area contributed by atoms with Crippen molar-refractivity contribution in [1.29, 1.82) is 0 Å². The van der Waals surface area contributed by atoms with Crippen LogP contribution >= 0.6 is 11.3 Å². The zero-order valence-electron chi connectivity index (χ0n) is 9.61. The Labute approximate surface area is 100 Å². The molecule has 2 rings (SSSR count). The summed E-state index contributed by atoms with van der Waals surface area (Å²) in [6.45, 7) is 1.18. The summed E-state index contributed by atoms with van der Waals surface area (Å²) in [5, 5.41) is 4.12. The lowest BCUT2D eigenvalue weighted by Crippen LogP contribution is -2.50. The monoisotopic (exact) mass is 238 g/mol. The lowest BCUT2D eigenvalue weighted by atomic mass is 9.68. The summed E-state index contributed by atoms with van der Waals surface area (Å²) in [7, 11) is 1.87. The van der Waals surface area contributed by atoms with Gasteiger partial charge in [-0.3, -0.25) is 4.79 Å². The number of amides is 1. The van der Waals surface area contributed by atoms with E-state index in [1.807, 2.05) is 17.3 Å². The molecule has 1 fully saturated rings. The van der Waals surface area contributed by atoms with Crippen molar-refractivity contribution in [1.82, 2.24) is 4.90 Å². The molecule has 1 aliphatic rings. The molecule has 1 aromatic rings. The summed E-state index contributed by atoms with van der Waals surface area (Å²) in [5.74, 6) is 0.215. The molecule has 4 heteroatoms. The van der Waals surface area contributed by atoms with Gasteiger partial charge in [-0.05, 0) is 35.2 Å². The van der Waals surface area contributed by atoms with Crippen molar-refractivity contribution >= 4 is 17.2 Å². The molecular formula is C12H18N2OS. The Morgan fingerprint density at radius 3 is 2.81 bits per heavy atom. The molecule has 3 nitrogen and oxygen atoms in total. The van der Waals surface area contributed by atoms with Crippen LogP contribution in [0.25, 0.3) is 0 Å². The van der Waals surface area contributed by atoms with Crippen LogP contribution in [0.3, 0.4) is 0 Å². The maximum Gasteiger partial charge on any atom is 0.230 e. The highest BCUT2D eigenvalue weighted by molar-refractivity contribution is 7.07. The van der Waals surface area contributed by atoms with Gasteiger partial charge < -0.3 is 10.6 Å². The van der Waals surface area contributed by atoms with Crippen molar-refractivity contribution in [2.45, 2.75) is 25.8 Å². The van der Waals surface area contributed by atoms with E-state index in [1.165, 1.54) is 5.56 Å². The zero-order chi connectivity index (χ0) is 11.6. The summed E-state index contributed by atoms with van der Waals surface area (Å²) in [4.78, 5) is 14.1. The summed E-state index contributed by atoms with van der Waals surface area (Å²) in [6.07, 6.45) is 3.04. The number of thiophene rings is 1. The Hall–Kier alpha value is -0.870. The molecule has 0 radical (unpaired) electrons. The number of rotatable bonds is 4. The molecule has 0 aromatic carbocycles. The van der Waals surface area contributed by atoms with Crippen LogP contribution in [0.1, 0.15) is 24.8 Å². The van der Waals surface area contributed by atoms with Crippen LogP contribution in [0.4, 0.5) is 0 Å². The van der Waals surface area contributed by atoms with Crippen LogP contribution in [0, 0.1) is 5.41 Å². The summed E-state index contributed by atoms with van der Waals surface area (Å²) >= 11 is 1.66. The maximum atomic E-state index is 12.3. The summed E-state index contributed by atoms with van der Waals surface area (Å²) in [5.41, 5.74) is 6.69. The van der Waals surface area contributed by atoms with E-state index >= 15 is 0 Å². The Balaban J connectivity index is 1.99. The number of hydrogen-bond acceptors (Lipinski definition) is 3. The Morgan fingerprint density at radius 1 is 1.62 bits per heavy atom. The van der Waals surface area contributed by atoms with E-state index in [9.17, 15) is 4.79 Å². The van der Waals surface area contributed by atoms with Gasteiger partial charge in [-0.1, -0.05) is 6.42 Å². The Morgan fingerprint density at radius 2 is 2.38 bits per heavy atom. The van der Waals surface area contributed by atoms with Crippen LogP contribution < -0.4 is 5.73 Å². The van der Waals surface area contributed by atoms with Crippen LogP contribution in [0.15, 0.2) is 16.8 Å². The van der Waals surface area contributed by atoms with Crippen LogP contribution in [-0.4, -0.2) is 24.4 Å². The minimum Gasteiger partial charge on any atom is -0.341 e. The molecule has 0 aliphatic heterocycles. The number of hydrogen-bond donors (Lipinski definition) is 1. The molecule has 0 saturated heterocycles. The lowest BCUT2D eigenvalue weighted by Gasteiger charge is -2.41. The van der Waals surface area contributed by atoms with Gasteiger partial charge in [0.05, 0.1) is 5.41 Å². The average molecular weight is 238 g/mol. The van der Waals surface area contributed by atoms with Crippen molar-refractivity contribution in [3.05, 3.63) is 22.4 Å². The first kappa shape index (κ1) is 11.6. The molecule has 1 aliphatic carbocycles. The highest BCUT2D eigenvalue weighted by Crippen LogP contribution is 2.41. The molecule has 1 heterocycles. The quantitative estimate of drug-likeness (QED) is 0.870. The van der Waals surface area contributed by atoms with Crippen LogP contribution in [0.5, 0.6) is 0 Å². The third kappa shape index (κ3) is 1.99. The van der Waals surface area contributed by atoms with Gasteiger partial charge in [0.15, 0.2) is 0 Å². The van der Waals surface area contributed by atoms with Crippen molar-refractivity contribution in [2.75, 3.05) is 13.6 Å². The van der Waals surface area contributed by atoms with E-state index in [4.69, 9.17) is 5.73 Å². The normalized spacial score (nSPS) is 17.9. The first-order valence-corrected chi connectivity index (χ1v) is 6.59. The van der Waals surface area contributed by atoms with Gasteiger partial charge in [0.25, 0.3) is 0 Å². The van der Waals surface area contributed by atoms with Crippen molar-refractivity contribution in [3.63, 3.8) is 0 Å². The predicted octanol–water partition coefficient (Wildman–Crippen LogP) is 1.84. The van der Waals surface area contributed by atoms with Gasteiger partial charge in [-0.15, -0.1) is 0 Å². The van der Waals surface area contributed by atoms with Gasteiger partial charge in [-0.2, -0.15) is 11.3 Å². The molecule has 0 spiro atoms. The molecule has 1 saturated carbocycles. The molecule has 1 aromatic heterocycles. The number of nitrogens with two attached hydrogens (primary N) is 1. The third-order valence-corrected chi connectivity index (χ3v) is 4.23. The second-order valence-electron chi connectivity index (χ2n) is 4.63. The molecule has 0 atom stereocenters. The maximum absolute atomic E-state index is 12.3. The van der Waals surface area contributed by atoms with Crippen LogP contribution in [-0.2, 0) is 11.3 Å².